The number of primary amides is 1. The third kappa shape index (κ3) is 7.84. The number of aliphatic carboxylic acids is 1. The summed E-state index contributed by atoms with van der Waals surface area (Å²) < 4.78 is 0. The Morgan fingerprint density at radius 1 is 1.07 bits per heavy atom. The van der Waals surface area contributed by atoms with Crippen LogP contribution in [0.2, 0.25) is 0 Å². The van der Waals surface area contributed by atoms with Crippen LogP contribution in [0.25, 0.3) is 0 Å². The van der Waals surface area contributed by atoms with Crippen LogP contribution in [0.1, 0.15) is 19.0 Å². The molecule has 4 atom stereocenters. The maximum absolute atomic E-state index is 12.5. The fourth-order valence-corrected chi connectivity index (χ4v) is 2.27. The number of carboxylic acid groups (broad SMARTS) is 1. The minimum atomic E-state index is -1.54. The highest BCUT2D eigenvalue weighted by Crippen LogP contribution is 2.02. The predicted molar refractivity (Wildman–Crippen MR) is 100 cm³/mol. The summed E-state index contributed by atoms with van der Waals surface area (Å²) in [5, 5.41) is 25.2. The van der Waals surface area contributed by atoms with Gasteiger partial charge < -0.3 is 42.6 Å². The van der Waals surface area contributed by atoms with Crippen LogP contribution in [0.5, 0.6) is 0 Å². The van der Waals surface area contributed by atoms with E-state index in [1.807, 2.05) is 0 Å². The summed E-state index contributed by atoms with van der Waals surface area (Å²) in [6.07, 6.45) is 1.92. The minimum Gasteiger partial charge on any atom is -0.480 e. The zero-order valence-corrected chi connectivity index (χ0v) is 16.1. The first-order valence-electron chi connectivity index (χ1n) is 8.81. The number of carbonyl (C=O) groups excluding carboxylic acids is 4. The van der Waals surface area contributed by atoms with E-state index in [1.54, 1.807) is 0 Å². The number of H-pyrrole nitrogens is 1. The molecular weight excluding hydrogens is 402 g/mol. The number of rotatable bonds is 12. The first-order chi connectivity index (χ1) is 14.0. The van der Waals surface area contributed by atoms with Crippen LogP contribution in [-0.4, -0.2) is 80.6 Å². The fourth-order valence-electron chi connectivity index (χ4n) is 2.27. The number of hydrogen-bond donors (Lipinski definition) is 8. The molecule has 0 aliphatic rings. The van der Waals surface area contributed by atoms with Crippen molar-refractivity contribution in [3.8, 4) is 0 Å². The van der Waals surface area contributed by atoms with Crippen molar-refractivity contribution in [2.45, 2.75) is 43.9 Å². The zero-order valence-electron chi connectivity index (χ0n) is 16.1. The number of aliphatic hydroxyl groups is 1. The minimum absolute atomic E-state index is 0.137. The fraction of sp³-hybridized carbons (Fsp3) is 0.500. The normalized spacial score (nSPS) is 14.6. The van der Waals surface area contributed by atoms with Crippen molar-refractivity contribution in [2.24, 2.45) is 11.5 Å². The van der Waals surface area contributed by atoms with Crippen molar-refractivity contribution in [1.29, 1.82) is 0 Å². The molecule has 14 heteroatoms. The Morgan fingerprint density at radius 2 is 1.63 bits per heavy atom. The topological polar surface area (TPSA) is 243 Å². The number of nitrogens with two attached hydrogens (primary N) is 2. The highest BCUT2D eigenvalue weighted by atomic mass is 16.4. The highest BCUT2D eigenvalue weighted by molar-refractivity contribution is 5.96. The van der Waals surface area contributed by atoms with Crippen LogP contribution in [0.4, 0.5) is 0 Å². The Bertz CT molecular complexity index is 766. The number of aromatic amines is 1. The molecule has 30 heavy (non-hydrogen) atoms. The Morgan fingerprint density at radius 3 is 2.10 bits per heavy atom. The van der Waals surface area contributed by atoms with E-state index in [0.29, 0.717) is 5.69 Å². The quantitative estimate of drug-likeness (QED) is 0.161. The van der Waals surface area contributed by atoms with E-state index in [2.05, 4.69) is 25.9 Å². The van der Waals surface area contributed by atoms with Gasteiger partial charge in [0, 0.05) is 18.3 Å². The molecule has 0 radical (unpaired) electrons. The van der Waals surface area contributed by atoms with E-state index in [9.17, 15) is 34.2 Å². The Kier molecular flexibility index (Phi) is 9.38. The van der Waals surface area contributed by atoms with Gasteiger partial charge in [0.2, 0.25) is 23.6 Å². The number of nitrogens with one attached hydrogen (secondary N) is 4. The third-order valence-corrected chi connectivity index (χ3v) is 3.86. The molecule has 0 saturated heterocycles. The number of hydrogen-bond acceptors (Lipinski definition) is 8. The number of aromatic nitrogens is 2. The predicted octanol–water partition coefficient (Wildman–Crippen LogP) is -4.29. The second-order valence-corrected chi connectivity index (χ2v) is 6.44. The van der Waals surface area contributed by atoms with Crippen LogP contribution in [0, 0.1) is 0 Å². The number of carboxylic acids is 1. The average Bonchev–Trinajstić information content (AvgIpc) is 3.17. The van der Waals surface area contributed by atoms with Crippen molar-refractivity contribution >= 4 is 29.6 Å². The van der Waals surface area contributed by atoms with Gasteiger partial charge in [-0.2, -0.15) is 0 Å². The second kappa shape index (κ2) is 11.5. The molecule has 1 heterocycles. The monoisotopic (exact) mass is 427 g/mol. The first kappa shape index (κ1) is 24.5. The lowest BCUT2D eigenvalue weighted by Gasteiger charge is -2.23. The molecule has 0 bridgehead atoms. The Balaban J connectivity index is 2.88. The first-order valence-corrected chi connectivity index (χ1v) is 8.81. The van der Waals surface area contributed by atoms with E-state index in [0.717, 1.165) is 0 Å². The third-order valence-electron chi connectivity index (χ3n) is 3.86. The zero-order chi connectivity index (χ0) is 22.8. The Labute approximate surface area is 170 Å². The van der Waals surface area contributed by atoms with E-state index < -0.39 is 66.8 Å². The number of carbonyl (C=O) groups is 5. The Hall–Kier alpha value is -3.52. The standard InChI is InChI=1S/C16H25N7O7/c1-7(17)13(26)23-11(5-24)15(28)21-9(3-12(18)25)14(27)22-10(16(29)30)2-8-4-19-6-20-8/h4,6-7,9-11,24H,2-3,5,17H2,1H3,(H2,18,25)(H,19,20)(H,21,28)(H,22,27)(H,23,26)(H,29,30). The summed E-state index contributed by atoms with van der Waals surface area (Å²) in [6, 6.07) is -5.35. The van der Waals surface area contributed by atoms with Crippen LogP contribution in [0.15, 0.2) is 12.5 Å². The molecule has 0 aliphatic heterocycles. The molecule has 166 valence electrons. The molecule has 0 aliphatic carbocycles. The molecule has 0 spiro atoms. The molecule has 4 amide bonds. The number of nitrogens with zero attached hydrogens (tertiary/aromatic N) is 1. The molecule has 0 aromatic carbocycles. The van der Waals surface area contributed by atoms with Gasteiger partial charge in [0.05, 0.1) is 25.4 Å². The van der Waals surface area contributed by atoms with Crippen LogP contribution >= 0.6 is 0 Å². The van der Waals surface area contributed by atoms with E-state index in [4.69, 9.17) is 11.5 Å². The van der Waals surface area contributed by atoms with Gasteiger partial charge in [-0.1, -0.05) is 0 Å². The molecule has 14 nitrogen and oxygen atoms in total. The van der Waals surface area contributed by atoms with Gasteiger partial charge in [0.15, 0.2) is 0 Å². The molecule has 0 fully saturated rings. The van der Waals surface area contributed by atoms with Gasteiger partial charge >= 0.3 is 5.97 Å². The summed E-state index contributed by atoms with van der Waals surface area (Å²) in [5.74, 6) is -5.03. The number of imidazole rings is 1. The summed E-state index contributed by atoms with van der Waals surface area (Å²) in [5.41, 5.74) is 10.9. The number of aliphatic hydroxyl groups excluding tert-OH is 1. The summed E-state index contributed by atoms with van der Waals surface area (Å²) in [4.78, 5) is 65.6. The highest BCUT2D eigenvalue weighted by Gasteiger charge is 2.31. The van der Waals surface area contributed by atoms with Crippen molar-refractivity contribution in [2.75, 3.05) is 6.61 Å². The van der Waals surface area contributed by atoms with Crippen molar-refractivity contribution in [1.82, 2.24) is 25.9 Å². The smallest absolute Gasteiger partial charge is 0.326 e. The molecule has 1 aromatic heterocycles. The van der Waals surface area contributed by atoms with E-state index in [-0.39, 0.29) is 6.42 Å². The average molecular weight is 427 g/mol. The van der Waals surface area contributed by atoms with E-state index in [1.165, 1.54) is 19.4 Å². The molecule has 1 aromatic rings. The van der Waals surface area contributed by atoms with Crippen molar-refractivity contribution < 1.29 is 34.2 Å². The number of amides is 4. The van der Waals surface area contributed by atoms with Crippen LogP contribution < -0.4 is 27.4 Å². The van der Waals surface area contributed by atoms with Gasteiger partial charge in [0.1, 0.15) is 18.1 Å². The molecular formula is C16H25N7O7. The maximum Gasteiger partial charge on any atom is 0.326 e. The van der Waals surface area contributed by atoms with Crippen molar-refractivity contribution in [3.63, 3.8) is 0 Å². The molecule has 4 unspecified atom stereocenters. The lowest BCUT2D eigenvalue weighted by Crippen LogP contribution is -2.58. The lowest BCUT2D eigenvalue weighted by molar-refractivity contribution is -0.142. The molecule has 1 rings (SSSR count). The van der Waals surface area contributed by atoms with Gasteiger partial charge in [0.25, 0.3) is 0 Å². The molecule has 0 saturated carbocycles. The van der Waals surface area contributed by atoms with Crippen LogP contribution in [-0.2, 0) is 30.4 Å². The van der Waals surface area contributed by atoms with E-state index >= 15 is 0 Å². The maximum atomic E-state index is 12.5. The second-order valence-electron chi connectivity index (χ2n) is 6.44. The van der Waals surface area contributed by atoms with Gasteiger partial charge in [-0.05, 0) is 6.92 Å². The SMILES string of the molecule is CC(N)C(=O)NC(CO)C(=O)NC(CC(N)=O)C(=O)NC(Cc1cnc[nH]1)C(=O)O. The van der Waals surface area contributed by atoms with Gasteiger partial charge in [-0.25, -0.2) is 9.78 Å². The summed E-state index contributed by atoms with van der Waals surface area (Å²) in [6.45, 7) is 0.545. The molecule has 10 N–H and O–H groups in total. The lowest BCUT2D eigenvalue weighted by atomic mass is 10.1. The van der Waals surface area contributed by atoms with Crippen molar-refractivity contribution in [3.05, 3.63) is 18.2 Å². The summed E-state index contributed by atoms with van der Waals surface area (Å²) in [7, 11) is 0. The van der Waals surface area contributed by atoms with Crippen LogP contribution in [0.3, 0.4) is 0 Å². The van der Waals surface area contributed by atoms with Gasteiger partial charge in [-0.15, -0.1) is 0 Å². The van der Waals surface area contributed by atoms with Gasteiger partial charge in [-0.3, -0.25) is 19.2 Å². The largest absolute Gasteiger partial charge is 0.480 e. The summed E-state index contributed by atoms with van der Waals surface area (Å²) >= 11 is 0.